The van der Waals surface area contributed by atoms with Crippen LogP contribution in [0.4, 0.5) is 0 Å². The molecule has 0 bridgehead atoms. The Kier molecular flexibility index (Phi) is 5.79. The summed E-state index contributed by atoms with van der Waals surface area (Å²) in [6.45, 7) is 1.79. The lowest BCUT2D eigenvalue weighted by Gasteiger charge is -2.25. The van der Waals surface area contributed by atoms with Gasteiger partial charge in [-0.15, -0.1) is 11.8 Å². The Labute approximate surface area is 121 Å². The van der Waals surface area contributed by atoms with Crippen LogP contribution in [0, 0.1) is 0 Å². The average molecular weight is 308 g/mol. The zero-order chi connectivity index (χ0) is 13.8. The van der Waals surface area contributed by atoms with Gasteiger partial charge in [0.1, 0.15) is 5.54 Å². The highest BCUT2D eigenvalue weighted by Gasteiger charge is 2.32. The Balaban J connectivity index is 2.73. The molecule has 0 saturated heterocycles. The van der Waals surface area contributed by atoms with E-state index in [4.69, 9.17) is 27.9 Å². The number of thioether (sulfide) groups is 1. The number of halogens is 2. The molecule has 0 amide bonds. The highest BCUT2D eigenvalue weighted by molar-refractivity contribution is 7.99. The van der Waals surface area contributed by atoms with Gasteiger partial charge in [0.05, 0.1) is 17.2 Å². The van der Waals surface area contributed by atoms with Gasteiger partial charge in [-0.1, -0.05) is 23.2 Å². The van der Waals surface area contributed by atoms with Crippen LogP contribution < -0.4 is 5.32 Å². The number of ether oxygens (including phenoxy) is 1. The van der Waals surface area contributed by atoms with Gasteiger partial charge >= 0.3 is 5.97 Å². The van der Waals surface area contributed by atoms with Crippen molar-refractivity contribution >= 4 is 40.9 Å². The predicted molar refractivity (Wildman–Crippen MR) is 76.7 cm³/mol. The second-order valence-corrected chi connectivity index (χ2v) is 5.80. The van der Waals surface area contributed by atoms with E-state index in [2.05, 4.69) is 5.32 Å². The minimum absolute atomic E-state index is 0.294. The number of likely N-dealkylation sites (N-methyl/N-ethyl adjacent to an activating group) is 1. The van der Waals surface area contributed by atoms with Crippen LogP contribution in [0.5, 0.6) is 0 Å². The molecular weight excluding hydrogens is 293 g/mol. The fourth-order valence-electron chi connectivity index (χ4n) is 1.25. The fraction of sp³-hybridized carbons (Fsp3) is 0.417. The summed E-state index contributed by atoms with van der Waals surface area (Å²) >= 11 is 13.3. The molecule has 1 rings (SSSR count). The van der Waals surface area contributed by atoms with Crippen molar-refractivity contribution in [3.05, 3.63) is 28.2 Å². The van der Waals surface area contributed by atoms with E-state index in [0.29, 0.717) is 15.8 Å². The summed E-state index contributed by atoms with van der Waals surface area (Å²) in [7, 11) is 3.11. The Morgan fingerprint density at radius 2 is 2.11 bits per heavy atom. The molecule has 100 valence electrons. The molecule has 0 aromatic heterocycles. The first kappa shape index (κ1) is 15.6. The van der Waals surface area contributed by atoms with Crippen molar-refractivity contribution in [2.45, 2.75) is 17.4 Å². The molecule has 0 saturated carbocycles. The monoisotopic (exact) mass is 307 g/mol. The van der Waals surface area contributed by atoms with Crippen LogP contribution in [-0.2, 0) is 9.53 Å². The van der Waals surface area contributed by atoms with Crippen LogP contribution in [0.2, 0.25) is 10.0 Å². The number of nitrogens with one attached hydrogen (secondary N) is 1. The predicted octanol–water partition coefficient (Wildman–Crippen LogP) is 3.24. The third kappa shape index (κ3) is 3.79. The zero-order valence-corrected chi connectivity index (χ0v) is 12.7. The molecule has 1 unspecified atom stereocenters. The summed E-state index contributed by atoms with van der Waals surface area (Å²) in [5, 5.41) is 4.00. The molecule has 0 radical (unpaired) electrons. The quantitative estimate of drug-likeness (QED) is 0.669. The van der Waals surface area contributed by atoms with Gasteiger partial charge in [0, 0.05) is 10.6 Å². The summed E-state index contributed by atoms with van der Waals surface area (Å²) in [4.78, 5) is 12.6. The van der Waals surface area contributed by atoms with Gasteiger partial charge in [0.2, 0.25) is 0 Å². The summed E-state index contributed by atoms with van der Waals surface area (Å²) in [6.07, 6.45) is 0. The van der Waals surface area contributed by atoms with Gasteiger partial charge < -0.3 is 10.1 Å². The Bertz CT molecular complexity index is 442. The summed E-state index contributed by atoms with van der Waals surface area (Å²) in [5.74, 6) is 0.242. The number of rotatable bonds is 5. The van der Waals surface area contributed by atoms with Gasteiger partial charge in [-0.3, -0.25) is 4.79 Å². The summed E-state index contributed by atoms with van der Waals surface area (Å²) in [5.41, 5.74) is -0.731. The third-order valence-electron chi connectivity index (χ3n) is 2.61. The highest BCUT2D eigenvalue weighted by Crippen LogP contribution is 2.29. The van der Waals surface area contributed by atoms with Crippen LogP contribution in [-0.4, -0.2) is 31.4 Å². The SMILES string of the molecule is CNC(C)(CSc1ccc(Cl)c(Cl)c1)C(=O)OC. The standard InChI is InChI=1S/C12H15Cl2NO2S/c1-12(15-2,11(16)17-3)7-18-8-4-5-9(13)10(14)6-8/h4-6,15H,7H2,1-3H3. The Hall–Kier alpha value is -0.420. The van der Waals surface area contributed by atoms with Crippen molar-refractivity contribution < 1.29 is 9.53 Å². The van der Waals surface area contributed by atoms with E-state index in [1.807, 2.05) is 6.07 Å². The topological polar surface area (TPSA) is 38.3 Å². The molecular formula is C12H15Cl2NO2S. The average Bonchev–Trinajstić information content (AvgIpc) is 2.38. The normalized spacial score (nSPS) is 14.1. The van der Waals surface area contributed by atoms with E-state index < -0.39 is 5.54 Å². The first-order valence-electron chi connectivity index (χ1n) is 5.28. The molecule has 1 N–H and O–H groups in total. The van der Waals surface area contributed by atoms with Gasteiger partial charge in [-0.2, -0.15) is 0 Å². The molecule has 0 spiro atoms. The van der Waals surface area contributed by atoms with Gasteiger partial charge in [0.25, 0.3) is 0 Å². The van der Waals surface area contributed by atoms with Gasteiger partial charge in [0.15, 0.2) is 0 Å². The lowest BCUT2D eigenvalue weighted by molar-refractivity contribution is -0.146. The van der Waals surface area contributed by atoms with Crippen molar-refractivity contribution in [2.75, 3.05) is 19.9 Å². The maximum absolute atomic E-state index is 11.7. The number of benzene rings is 1. The van der Waals surface area contributed by atoms with Crippen molar-refractivity contribution in [1.82, 2.24) is 5.32 Å². The molecule has 0 fully saturated rings. The zero-order valence-electron chi connectivity index (χ0n) is 10.4. The maximum atomic E-state index is 11.7. The molecule has 18 heavy (non-hydrogen) atoms. The van der Waals surface area contributed by atoms with Crippen LogP contribution in [0.25, 0.3) is 0 Å². The van der Waals surface area contributed by atoms with Crippen molar-refractivity contribution in [2.24, 2.45) is 0 Å². The van der Waals surface area contributed by atoms with E-state index in [9.17, 15) is 4.79 Å². The molecule has 6 heteroatoms. The first-order valence-corrected chi connectivity index (χ1v) is 7.02. The number of methoxy groups -OCH3 is 1. The van der Waals surface area contributed by atoms with E-state index in [-0.39, 0.29) is 5.97 Å². The summed E-state index contributed by atoms with van der Waals surface area (Å²) < 4.78 is 4.78. The van der Waals surface area contributed by atoms with Gasteiger partial charge in [-0.25, -0.2) is 0 Å². The molecule has 0 aliphatic heterocycles. The Morgan fingerprint density at radius 1 is 1.44 bits per heavy atom. The smallest absolute Gasteiger partial charge is 0.326 e. The molecule has 0 aliphatic rings. The maximum Gasteiger partial charge on any atom is 0.326 e. The van der Waals surface area contributed by atoms with Crippen LogP contribution in [0.3, 0.4) is 0 Å². The number of carbonyl (C=O) groups excluding carboxylic acids is 1. The van der Waals surface area contributed by atoms with Crippen LogP contribution >= 0.6 is 35.0 Å². The second-order valence-electron chi connectivity index (χ2n) is 3.94. The van der Waals surface area contributed by atoms with Crippen LogP contribution in [0.15, 0.2) is 23.1 Å². The van der Waals surface area contributed by atoms with Crippen molar-refractivity contribution in [3.63, 3.8) is 0 Å². The van der Waals surface area contributed by atoms with E-state index >= 15 is 0 Å². The fourth-order valence-corrected chi connectivity index (χ4v) is 2.70. The minimum Gasteiger partial charge on any atom is -0.468 e. The molecule has 1 aromatic rings. The first-order chi connectivity index (χ1) is 8.42. The number of carbonyl (C=O) groups is 1. The largest absolute Gasteiger partial charge is 0.468 e. The number of esters is 1. The van der Waals surface area contributed by atoms with Crippen molar-refractivity contribution in [1.29, 1.82) is 0 Å². The van der Waals surface area contributed by atoms with Crippen molar-refractivity contribution in [3.8, 4) is 0 Å². The number of hydrogen-bond donors (Lipinski definition) is 1. The lowest BCUT2D eigenvalue weighted by atomic mass is 10.1. The van der Waals surface area contributed by atoms with Gasteiger partial charge in [-0.05, 0) is 32.2 Å². The lowest BCUT2D eigenvalue weighted by Crippen LogP contribution is -2.50. The van der Waals surface area contributed by atoms with E-state index in [1.165, 1.54) is 18.9 Å². The van der Waals surface area contributed by atoms with Crippen LogP contribution in [0.1, 0.15) is 6.92 Å². The second kappa shape index (κ2) is 6.66. The van der Waals surface area contributed by atoms with E-state index in [1.54, 1.807) is 26.1 Å². The molecule has 1 atom stereocenters. The Morgan fingerprint density at radius 3 is 2.61 bits per heavy atom. The molecule has 3 nitrogen and oxygen atoms in total. The minimum atomic E-state index is -0.731. The third-order valence-corrected chi connectivity index (χ3v) is 4.65. The number of hydrogen-bond acceptors (Lipinski definition) is 4. The molecule has 0 heterocycles. The summed E-state index contributed by atoms with van der Waals surface area (Å²) in [6, 6.07) is 5.38. The molecule has 0 aliphatic carbocycles. The van der Waals surface area contributed by atoms with E-state index in [0.717, 1.165) is 4.90 Å². The molecule has 1 aromatic carbocycles. The highest BCUT2D eigenvalue weighted by atomic mass is 35.5.